The zero-order valence-corrected chi connectivity index (χ0v) is 14.5. The smallest absolute Gasteiger partial charge is 0.279 e. The molecule has 1 aliphatic heterocycles. The van der Waals surface area contributed by atoms with E-state index in [4.69, 9.17) is 0 Å². The molecule has 124 valence electrons. The molecule has 21 heavy (non-hydrogen) atoms. The quantitative estimate of drug-likeness (QED) is 0.786. The van der Waals surface area contributed by atoms with Crippen LogP contribution in [-0.2, 0) is 10.2 Å². The fourth-order valence-electron chi connectivity index (χ4n) is 3.46. The molecule has 6 heteroatoms. The van der Waals surface area contributed by atoms with Crippen LogP contribution < -0.4 is 10.0 Å². The predicted octanol–water partition coefficient (Wildman–Crippen LogP) is 1.86. The molecule has 0 radical (unpaired) electrons. The molecule has 2 N–H and O–H groups in total. The summed E-state index contributed by atoms with van der Waals surface area (Å²) in [6, 6.07) is 0.614. The van der Waals surface area contributed by atoms with Gasteiger partial charge in [0.2, 0.25) is 0 Å². The van der Waals surface area contributed by atoms with Crippen LogP contribution in [0.25, 0.3) is 0 Å². The average molecular weight is 317 g/mol. The summed E-state index contributed by atoms with van der Waals surface area (Å²) >= 11 is 0. The molecular formula is C15H31N3O2S. The Morgan fingerprint density at radius 2 is 1.95 bits per heavy atom. The van der Waals surface area contributed by atoms with Gasteiger partial charge in [0.15, 0.2) is 0 Å². The van der Waals surface area contributed by atoms with Crippen molar-refractivity contribution in [3.8, 4) is 0 Å². The second-order valence-corrected chi connectivity index (χ2v) is 8.72. The zero-order valence-electron chi connectivity index (χ0n) is 13.6. The highest BCUT2D eigenvalue weighted by atomic mass is 32.2. The van der Waals surface area contributed by atoms with E-state index in [0.29, 0.717) is 18.5 Å². The number of nitrogens with zero attached hydrogens (tertiary/aromatic N) is 1. The molecule has 1 saturated carbocycles. The van der Waals surface area contributed by atoms with Crippen LogP contribution in [0, 0.1) is 5.92 Å². The highest BCUT2D eigenvalue weighted by Crippen LogP contribution is 2.26. The van der Waals surface area contributed by atoms with Crippen molar-refractivity contribution in [2.45, 2.75) is 77.4 Å². The Kier molecular flexibility index (Phi) is 6.05. The largest absolute Gasteiger partial charge is 0.313 e. The molecule has 0 aromatic heterocycles. The van der Waals surface area contributed by atoms with Crippen LogP contribution in [0.3, 0.4) is 0 Å². The molecule has 1 heterocycles. The van der Waals surface area contributed by atoms with Crippen LogP contribution in [0.5, 0.6) is 0 Å². The molecule has 1 saturated heterocycles. The van der Waals surface area contributed by atoms with Gasteiger partial charge in [-0.15, -0.1) is 0 Å². The Labute approximate surface area is 130 Å². The van der Waals surface area contributed by atoms with Crippen molar-refractivity contribution >= 4 is 10.2 Å². The Balaban J connectivity index is 1.97. The van der Waals surface area contributed by atoms with Gasteiger partial charge in [0.05, 0.1) is 0 Å². The second kappa shape index (κ2) is 7.40. The first-order chi connectivity index (χ1) is 9.88. The first kappa shape index (κ1) is 17.2. The van der Waals surface area contributed by atoms with Crippen LogP contribution in [0.1, 0.15) is 59.3 Å². The molecular weight excluding hydrogens is 286 g/mol. The predicted molar refractivity (Wildman–Crippen MR) is 86.3 cm³/mol. The number of hydrogen-bond donors (Lipinski definition) is 2. The van der Waals surface area contributed by atoms with Crippen molar-refractivity contribution in [3.63, 3.8) is 0 Å². The maximum absolute atomic E-state index is 12.7. The highest BCUT2D eigenvalue weighted by Gasteiger charge is 2.34. The lowest BCUT2D eigenvalue weighted by Crippen LogP contribution is -2.54. The molecule has 0 spiro atoms. The third kappa shape index (κ3) is 4.91. The van der Waals surface area contributed by atoms with E-state index in [2.05, 4.69) is 30.8 Å². The van der Waals surface area contributed by atoms with Gasteiger partial charge >= 0.3 is 0 Å². The molecule has 0 aromatic rings. The van der Waals surface area contributed by atoms with Crippen molar-refractivity contribution in [1.82, 2.24) is 14.3 Å². The van der Waals surface area contributed by atoms with E-state index in [0.717, 1.165) is 45.1 Å². The molecule has 3 unspecified atom stereocenters. The molecule has 2 aliphatic rings. The number of hydrogen-bond acceptors (Lipinski definition) is 3. The SMILES string of the molecule is CC1CCC(NS(=O)(=O)N2CCCCC2CNC(C)C)C1. The Morgan fingerprint density at radius 3 is 2.57 bits per heavy atom. The molecule has 0 aromatic carbocycles. The molecule has 3 atom stereocenters. The van der Waals surface area contributed by atoms with Gasteiger partial charge in [0, 0.05) is 31.2 Å². The minimum atomic E-state index is -3.34. The summed E-state index contributed by atoms with van der Waals surface area (Å²) in [5.41, 5.74) is 0. The summed E-state index contributed by atoms with van der Waals surface area (Å²) in [4.78, 5) is 0. The van der Waals surface area contributed by atoms with E-state index in [1.807, 2.05) is 0 Å². The van der Waals surface area contributed by atoms with E-state index in [-0.39, 0.29) is 12.1 Å². The normalized spacial score (nSPS) is 31.9. The van der Waals surface area contributed by atoms with Crippen molar-refractivity contribution in [2.24, 2.45) is 5.92 Å². The van der Waals surface area contributed by atoms with E-state index < -0.39 is 10.2 Å². The van der Waals surface area contributed by atoms with Crippen molar-refractivity contribution < 1.29 is 8.42 Å². The van der Waals surface area contributed by atoms with Crippen LogP contribution >= 0.6 is 0 Å². The monoisotopic (exact) mass is 317 g/mol. The van der Waals surface area contributed by atoms with E-state index >= 15 is 0 Å². The lowest BCUT2D eigenvalue weighted by atomic mass is 10.0. The summed E-state index contributed by atoms with van der Waals surface area (Å²) in [7, 11) is -3.34. The van der Waals surface area contributed by atoms with Crippen LogP contribution in [0.2, 0.25) is 0 Å². The van der Waals surface area contributed by atoms with Crippen molar-refractivity contribution in [2.75, 3.05) is 13.1 Å². The first-order valence-electron chi connectivity index (χ1n) is 8.41. The maximum Gasteiger partial charge on any atom is 0.279 e. The van der Waals surface area contributed by atoms with Crippen molar-refractivity contribution in [3.05, 3.63) is 0 Å². The van der Waals surface area contributed by atoms with Crippen molar-refractivity contribution in [1.29, 1.82) is 0 Å². The van der Waals surface area contributed by atoms with Crippen LogP contribution in [0.15, 0.2) is 0 Å². The van der Waals surface area contributed by atoms with Gasteiger partial charge < -0.3 is 5.32 Å². The van der Waals surface area contributed by atoms with E-state index in [1.165, 1.54) is 0 Å². The van der Waals surface area contributed by atoms with Gasteiger partial charge in [0.1, 0.15) is 0 Å². The lowest BCUT2D eigenvalue weighted by Gasteiger charge is -2.36. The topological polar surface area (TPSA) is 61.4 Å². The lowest BCUT2D eigenvalue weighted by molar-refractivity contribution is 0.238. The molecule has 0 bridgehead atoms. The number of piperidine rings is 1. The van der Waals surface area contributed by atoms with Gasteiger partial charge in [-0.3, -0.25) is 0 Å². The summed E-state index contributed by atoms with van der Waals surface area (Å²) in [5.74, 6) is 0.637. The summed E-state index contributed by atoms with van der Waals surface area (Å²) in [6.07, 6.45) is 6.13. The van der Waals surface area contributed by atoms with Gasteiger partial charge in [-0.25, -0.2) is 0 Å². The van der Waals surface area contributed by atoms with Gasteiger partial charge in [-0.1, -0.05) is 27.2 Å². The highest BCUT2D eigenvalue weighted by molar-refractivity contribution is 7.87. The van der Waals surface area contributed by atoms with Gasteiger partial charge in [0.25, 0.3) is 10.2 Å². The molecule has 0 amide bonds. The second-order valence-electron chi connectivity index (χ2n) is 7.06. The Hall–Kier alpha value is -0.170. The fourth-order valence-corrected chi connectivity index (χ4v) is 5.17. The van der Waals surface area contributed by atoms with E-state index in [9.17, 15) is 8.42 Å². The zero-order chi connectivity index (χ0) is 15.5. The van der Waals surface area contributed by atoms with Gasteiger partial charge in [-0.05, 0) is 38.0 Å². The van der Waals surface area contributed by atoms with Gasteiger partial charge in [-0.2, -0.15) is 17.4 Å². The average Bonchev–Trinajstić information content (AvgIpc) is 2.81. The molecule has 5 nitrogen and oxygen atoms in total. The Morgan fingerprint density at radius 1 is 1.19 bits per heavy atom. The standard InChI is InChI=1S/C15H31N3O2S/c1-12(2)16-11-15-6-4-5-9-18(15)21(19,20)17-14-8-7-13(3)10-14/h12-17H,4-11H2,1-3H3. The Bertz CT molecular complexity index is 425. The fraction of sp³-hybridized carbons (Fsp3) is 1.00. The number of rotatable bonds is 6. The third-order valence-corrected chi connectivity index (χ3v) is 6.38. The first-order valence-corrected chi connectivity index (χ1v) is 9.85. The summed E-state index contributed by atoms with van der Waals surface area (Å²) in [6.45, 7) is 7.80. The summed E-state index contributed by atoms with van der Waals surface area (Å²) in [5, 5.41) is 3.38. The molecule has 1 aliphatic carbocycles. The molecule has 2 fully saturated rings. The maximum atomic E-state index is 12.7. The third-order valence-electron chi connectivity index (χ3n) is 4.65. The minimum Gasteiger partial charge on any atom is -0.313 e. The van der Waals surface area contributed by atoms with E-state index in [1.54, 1.807) is 4.31 Å². The van der Waals surface area contributed by atoms with Crippen LogP contribution in [-0.4, -0.2) is 43.9 Å². The minimum absolute atomic E-state index is 0.0949. The summed E-state index contributed by atoms with van der Waals surface area (Å²) < 4.78 is 30.0. The molecule has 2 rings (SSSR count). The van der Waals surface area contributed by atoms with Crippen LogP contribution in [0.4, 0.5) is 0 Å². The number of nitrogens with one attached hydrogen (secondary N) is 2.